The number of piperazine rings is 1. The molecule has 2 N–H and O–H groups in total. The van der Waals surface area contributed by atoms with Crippen LogP contribution in [0.1, 0.15) is 30.2 Å². The Kier molecular flexibility index (Phi) is 7.07. The van der Waals surface area contributed by atoms with Crippen LogP contribution in [0.4, 0.5) is 5.69 Å². The lowest BCUT2D eigenvalue weighted by Crippen LogP contribution is -2.48. The average Bonchev–Trinajstić information content (AvgIpc) is 3.14. The number of nitrogens with one attached hydrogen (secondary N) is 1. The average molecular weight is 407 g/mol. The summed E-state index contributed by atoms with van der Waals surface area (Å²) in [6, 6.07) is 6.89. The minimum Gasteiger partial charge on any atom is -0.447 e. The Morgan fingerprint density at radius 2 is 1.86 bits per heavy atom. The number of hydrogen-bond acceptors (Lipinski definition) is 6. The molecule has 1 aliphatic heterocycles. The monoisotopic (exact) mass is 406 g/mol. The van der Waals surface area contributed by atoms with E-state index in [2.05, 4.69) is 20.1 Å². The molecule has 3 rings (SSSR count). The number of benzene rings is 1. The summed E-state index contributed by atoms with van der Waals surface area (Å²) in [7, 11) is 0. The third-order valence-electron chi connectivity index (χ3n) is 4.93. The van der Waals surface area contributed by atoms with Crippen molar-refractivity contribution in [3.8, 4) is 0 Å². The van der Waals surface area contributed by atoms with Gasteiger partial charge in [-0.05, 0) is 30.2 Å². The number of halogens is 1. The Morgan fingerprint density at radius 3 is 2.50 bits per heavy atom. The van der Waals surface area contributed by atoms with Gasteiger partial charge in [-0.1, -0.05) is 25.4 Å². The zero-order valence-electron chi connectivity index (χ0n) is 16.3. The molecule has 8 heteroatoms. The summed E-state index contributed by atoms with van der Waals surface area (Å²) in [5, 5.41) is 13.4. The topological polar surface area (TPSA) is 81.8 Å². The molecule has 0 bridgehead atoms. The van der Waals surface area contributed by atoms with Crippen LogP contribution in [0, 0.1) is 5.92 Å². The molecule has 0 spiro atoms. The molecule has 1 saturated heterocycles. The first kappa shape index (κ1) is 20.8. The molecule has 1 atom stereocenters. The fourth-order valence-electron chi connectivity index (χ4n) is 3.01. The molecule has 28 heavy (non-hydrogen) atoms. The molecular weight excluding hydrogens is 380 g/mol. The van der Waals surface area contributed by atoms with Crippen molar-refractivity contribution >= 4 is 23.2 Å². The summed E-state index contributed by atoms with van der Waals surface area (Å²) < 4.78 is 5.48. The maximum atomic E-state index is 12.3. The van der Waals surface area contributed by atoms with Gasteiger partial charge in [0.2, 0.25) is 5.89 Å². The van der Waals surface area contributed by atoms with Gasteiger partial charge >= 0.3 is 0 Å². The maximum absolute atomic E-state index is 12.3. The number of carbonyl (C=O) groups excluding carboxylic acids is 1. The fraction of sp³-hybridized carbons (Fsp3) is 0.500. The molecule has 1 amide bonds. The molecular formula is C20H27ClN4O3. The number of amides is 1. The van der Waals surface area contributed by atoms with E-state index in [4.69, 9.17) is 16.0 Å². The van der Waals surface area contributed by atoms with Gasteiger partial charge in [0.15, 0.2) is 5.69 Å². The second kappa shape index (κ2) is 9.52. The van der Waals surface area contributed by atoms with Crippen LogP contribution in [-0.4, -0.2) is 64.6 Å². The highest BCUT2D eigenvalue weighted by Gasteiger charge is 2.22. The molecule has 2 heterocycles. The molecule has 0 saturated carbocycles. The van der Waals surface area contributed by atoms with Crippen LogP contribution in [-0.2, 0) is 6.54 Å². The first-order valence-electron chi connectivity index (χ1n) is 9.55. The molecule has 0 aliphatic carbocycles. The standard InChI is InChI=1S/C20H27ClN4O3/c1-14(2)18(26)11-24-7-9-25(10-8-24)12-19-23-17(13-28-19)20(27)22-16-5-3-15(21)4-6-16/h3-6,13-14,18,26H,7-12H2,1-2H3,(H,22,27). The Bertz CT molecular complexity index is 770. The van der Waals surface area contributed by atoms with Crippen molar-refractivity contribution < 1.29 is 14.3 Å². The van der Waals surface area contributed by atoms with E-state index in [1.165, 1.54) is 6.26 Å². The number of rotatable bonds is 7. The van der Waals surface area contributed by atoms with Gasteiger partial charge in [-0.25, -0.2) is 4.98 Å². The number of aromatic nitrogens is 1. The summed E-state index contributed by atoms with van der Waals surface area (Å²) in [5.74, 6) is 0.476. The lowest BCUT2D eigenvalue weighted by molar-refractivity contribution is 0.0463. The highest BCUT2D eigenvalue weighted by atomic mass is 35.5. The van der Waals surface area contributed by atoms with E-state index in [9.17, 15) is 9.90 Å². The van der Waals surface area contributed by atoms with E-state index in [0.29, 0.717) is 29.7 Å². The molecule has 2 aromatic rings. The van der Waals surface area contributed by atoms with Crippen molar-refractivity contribution in [2.75, 3.05) is 38.0 Å². The van der Waals surface area contributed by atoms with Crippen molar-refractivity contribution in [1.82, 2.24) is 14.8 Å². The third kappa shape index (κ3) is 5.78. The van der Waals surface area contributed by atoms with Gasteiger partial charge in [0.25, 0.3) is 5.91 Å². The van der Waals surface area contributed by atoms with Gasteiger partial charge in [0, 0.05) is 43.4 Å². The quantitative estimate of drug-likeness (QED) is 0.735. The van der Waals surface area contributed by atoms with Crippen molar-refractivity contribution in [2.45, 2.75) is 26.5 Å². The second-order valence-corrected chi connectivity index (χ2v) is 7.91. The lowest BCUT2D eigenvalue weighted by Gasteiger charge is -2.35. The number of aliphatic hydroxyl groups excluding tert-OH is 1. The van der Waals surface area contributed by atoms with Crippen molar-refractivity contribution in [3.63, 3.8) is 0 Å². The van der Waals surface area contributed by atoms with Gasteiger partial charge in [0.1, 0.15) is 6.26 Å². The van der Waals surface area contributed by atoms with Gasteiger partial charge in [-0.2, -0.15) is 0 Å². The van der Waals surface area contributed by atoms with Crippen LogP contribution in [0.3, 0.4) is 0 Å². The number of aliphatic hydroxyl groups is 1. The smallest absolute Gasteiger partial charge is 0.277 e. The number of anilines is 1. The number of nitrogens with zero attached hydrogens (tertiary/aromatic N) is 3. The van der Waals surface area contributed by atoms with Gasteiger partial charge < -0.3 is 14.8 Å². The van der Waals surface area contributed by atoms with E-state index in [0.717, 1.165) is 26.2 Å². The molecule has 1 unspecified atom stereocenters. The summed E-state index contributed by atoms with van der Waals surface area (Å²) in [5.41, 5.74) is 0.905. The number of oxazole rings is 1. The molecule has 0 radical (unpaired) electrons. The first-order chi connectivity index (χ1) is 13.4. The lowest BCUT2D eigenvalue weighted by atomic mass is 10.1. The zero-order valence-corrected chi connectivity index (χ0v) is 17.0. The second-order valence-electron chi connectivity index (χ2n) is 7.48. The Balaban J connectivity index is 1.47. The first-order valence-corrected chi connectivity index (χ1v) is 9.92. The van der Waals surface area contributed by atoms with E-state index in [-0.39, 0.29) is 23.6 Å². The van der Waals surface area contributed by atoms with Gasteiger partial charge in [0.05, 0.1) is 12.6 Å². The molecule has 1 fully saturated rings. The molecule has 1 aromatic heterocycles. The van der Waals surface area contributed by atoms with Gasteiger partial charge in [-0.15, -0.1) is 0 Å². The zero-order chi connectivity index (χ0) is 20.1. The minimum absolute atomic E-state index is 0.253. The van der Waals surface area contributed by atoms with Crippen LogP contribution in [0.25, 0.3) is 0 Å². The van der Waals surface area contributed by atoms with Crippen molar-refractivity contribution in [3.05, 3.63) is 47.1 Å². The summed E-state index contributed by atoms with van der Waals surface area (Å²) in [6.45, 7) is 8.88. The van der Waals surface area contributed by atoms with Crippen LogP contribution < -0.4 is 5.32 Å². The predicted molar refractivity (Wildman–Crippen MR) is 108 cm³/mol. The SMILES string of the molecule is CC(C)C(O)CN1CCN(Cc2nc(C(=O)Nc3ccc(Cl)cc3)co2)CC1. The predicted octanol–water partition coefficient (Wildman–Crippen LogP) is 2.71. The summed E-state index contributed by atoms with van der Waals surface area (Å²) in [6.07, 6.45) is 1.09. The minimum atomic E-state index is -0.315. The van der Waals surface area contributed by atoms with E-state index in [1.807, 2.05) is 13.8 Å². The maximum Gasteiger partial charge on any atom is 0.277 e. The van der Waals surface area contributed by atoms with E-state index >= 15 is 0 Å². The number of carbonyl (C=O) groups is 1. The van der Waals surface area contributed by atoms with E-state index in [1.54, 1.807) is 24.3 Å². The van der Waals surface area contributed by atoms with Crippen molar-refractivity contribution in [1.29, 1.82) is 0 Å². The third-order valence-corrected chi connectivity index (χ3v) is 5.18. The number of hydrogen-bond donors (Lipinski definition) is 2. The molecule has 1 aromatic carbocycles. The van der Waals surface area contributed by atoms with Crippen LogP contribution in [0.5, 0.6) is 0 Å². The fourth-order valence-corrected chi connectivity index (χ4v) is 3.14. The normalized spacial score (nSPS) is 17.0. The van der Waals surface area contributed by atoms with Crippen LogP contribution >= 0.6 is 11.6 Å². The highest BCUT2D eigenvalue weighted by Crippen LogP contribution is 2.15. The molecule has 152 valence electrons. The van der Waals surface area contributed by atoms with Crippen molar-refractivity contribution in [2.24, 2.45) is 5.92 Å². The molecule has 1 aliphatic rings. The largest absolute Gasteiger partial charge is 0.447 e. The van der Waals surface area contributed by atoms with Crippen LogP contribution in [0.15, 0.2) is 34.9 Å². The summed E-state index contributed by atoms with van der Waals surface area (Å²) in [4.78, 5) is 21.1. The Hall–Kier alpha value is -1.93. The Morgan fingerprint density at radius 1 is 1.21 bits per heavy atom. The van der Waals surface area contributed by atoms with Gasteiger partial charge in [-0.3, -0.25) is 14.6 Å². The number of β-amino-alcohol motifs (C(OH)–C–C–N with tert-alkyl or cyclic N) is 1. The van der Waals surface area contributed by atoms with E-state index < -0.39 is 0 Å². The molecule has 7 nitrogen and oxygen atoms in total. The Labute approximate surface area is 170 Å². The highest BCUT2D eigenvalue weighted by molar-refractivity contribution is 6.30. The van der Waals surface area contributed by atoms with Crippen LogP contribution in [0.2, 0.25) is 5.02 Å². The summed E-state index contributed by atoms with van der Waals surface area (Å²) >= 11 is 5.85.